The molecule has 1 N–H and O–H groups in total. The number of aryl methyl sites for hydroxylation is 1. The average molecular weight is 318 g/mol. The van der Waals surface area contributed by atoms with Crippen LogP contribution in [-0.4, -0.2) is 16.4 Å². The summed E-state index contributed by atoms with van der Waals surface area (Å²) in [7, 11) is 0. The second-order valence-electron chi connectivity index (χ2n) is 6.93. The predicted octanol–water partition coefficient (Wildman–Crippen LogP) is 5.46. The highest BCUT2D eigenvalue weighted by Gasteiger charge is 2.28. The fraction of sp³-hybridized carbons (Fsp3) is 0.364. The predicted molar refractivity (Wildman–Crippen MR) is 101 cm³/mol. The van der Waals surface area contributed by atoms with E-state index < -0.39 is 0 Å². The number of fused-ring (bicyclic) bond motifs is 3. The molecule has 0 saturated heterocycles. The minimum Gasteiger partial charge on any atom is -0.357 e. The molecule has 0 fully saturated rings. The SMILES string of the molecule is CCCN(Cc1ccccc1)C1CCCc2c1[nH]c1ccccc21. The van der Waals surface area contributed by atoms with Crippen LogP contribution in [0.4, 0.5) is 0 Å². The molecule has 0 radical (unpaired) electrons. The van der Waals surface area contributed by atoms with Crippen LogP contribution in [0.25, 0.3) is 10.9 Å². The first-order valence-electron chi connectivity index (χ1n) is 9.24. The minimum absolute atomic E-state index is 0.515. The van der Waals surface area contributed by atoms with E-state index in [0.717, 1.165) is 13.1 Å². The fourth-order valence-corrected chi connectivity index (χ4v) is 4.21. The van der Waals surface area contributed by atoms with Crippen LogP contribution in [0, 0.1) is 0 Å². The first-order valence-corrected chi connectivity index (χ1v) is 9.24. The van der Waals surface area contributed by atoms with Gasteiger partial charge in [-0.3, -0.25) is 4.90 Å². The van der Waals surface area contributed by atoms with Crippen LogP contribution < -0.4 is 0 Å². The van der Waals surface area contributed by atoms with Crippen molar-refractivity contribution in [1.82, 2.24) is 9.88 Å². The molecular formula is C22H26N2. The van der Waals surface area contributed by atoms with E-state index in [9.17, 15) is 0 Å². The summed E-state index contributed by atoms with van der Waals surface area (Å²) in [5.41, 5.74) is 5.72. The van der Waals surface area contributed by atoms with E-state index in [1.807, 2.05) is 0 Å². The Bertz CT molecular complexity index is 803. The van der Waals surface area contributed by atoms with Gasteiger partial charge in [-0.2, -0.15) is 0 Å². The Balaban J connectivity index is 1.69. The number of nitrogens with one attached hydrogen (secondary N) is 1. The summed E-state index contributed by atoms with van der Waals surface area (Å²) in [4.78, 5) is 6.42. The largest absolute Gasteiger partial charge is 0.357 e. The number of rotatable bonds is 5. The molecule has 2 aromatic carbocycles. The van der Waals surface area contributed by atoms with E-state index in [1.165, 1.54) is 47.8 Å². The molecule has 0 saturated carbocycles. The molecule has 0 spiro atoms. The zero-order valence-electron chi connectivity index (χ0n) is 14.5. The number of benzene rings is 2. The third kappa shape index (κ3) is 2.87. The first-order chi connectivity index (χ1) is 11.9. The Morgan fingerprint density at radius 2 is 1.83 bits per heavy atom. The summed E-state index contributed by atoms with van der Waals surface area (Å²) < 4.78 is 0. The highest BCUT2D eigenvalue weighted by Crippen LogP contribution is 2.38. The van der Waals surface area contributed by atoms with Crippen molar-refractivity contribution < 1.29 is 0 Å². The lowest BCUT2D eigenvalue weighted by Gasteiger charge is -2.34. The second-order valence-corrected chi connectivity index (χ2v) is 6.93. The third-order valence-electron chi connectivity index (χ3n) is 5.26. The van der Waals surface area contributed by atoms with Gasteiger partial charge >= 0.3 is 0 Å². The molecule has 2 heteroatoms. The second kappa shape index (κ2) is 6.82. The van der Waals surface area contributed by atoms with E-state index >= 15 is 0 Å². The van der Waals surface area contributed by atoms with E-state index in [2.05, 4.69) is 71.4 Å². The van der Waals surface area contributed by atoms with Gasteiger partial charge in [0, 0.05) is 23.1 Å². The van der Waals surface area contributed by atoms with Crippen molar-refractivity contribution in [3.05, 3.63) is 71.4 Å². The molecule has 0 aliphatic heterocycles. The van der Waals surface area contributed by atoms with Gasteiger partial charge in [-0.15, -0.1) is 0 Å². The Hall–Kier alpha value is -2.06. The standard InChI is InChI=1S/C22H26N2/c1-2-15-24(16-17-9-4-3-5-10-17)21-14-8-12-19-18-11-6-7-13-20(18)23-22(19)21/h3-7,9-11,13,21,23H,2,8,12,14-16H2,1H3. The Morgan fingerprint density at radius 3 is 2.67 bits per heavy atom. The van der Waals surface area contributed by atoms with Crippen LogP contribution >= 0.6 is 0 Å². The number of aromatic nitrogens is 1. The van der Waals surface area contributed by atoms with Crippen molar-refractivity contribution in [3.63, 3.8) is 0 Å². The van der Waals surface area contributed by atoms with Gasteiger partial charge in [-0.1, -0.05) is 55.5 Å². The van der Waals surface area contributed by atoms with Gasteiger partial charge in [0.15, 0.2) is 0 Å². The van der Waals surface area contributed by atoms with E-state index in [4.69, 9.17) is 0 Å². The lowest BCUT2D eigenvalue weighted by Crippen LogP contribution is -2.31. The smallest absolute Gasteiger partial charge is 0.0505 e. The van der Waals surface area contributed by atoms with Crippen LogP contribution in [0.5, 0.6) is 0 Å². The molecule has 124 valence electrons. The van der Waals surface area contributed by atoms with Gasteiger partial charge in [-0.05, 0) is 49.4 Å². The van der Waals surface area contributed by atoms with E-state index in [0.29, 0.717) is 6.04 Å². The average Bonchev–Trinajstić information content (AvgIpc) is 3.01. The molecule has 24 heavy (non-hydrogen) atoms. The highest BCUT2D eigenvalue weighted by atomic mass is 15.2. The van der Waals surface area contributed by atoms with Crippen molar-refractivity contribution in [3.8, 4) is 0 Å². The van der Waals surface area contributed by atoms with Crippen LogP contribution in [0.2, 0.25) is 0 Å². The maximum atomic E-state index is 3.75. The van der Waals surface area contributed by atoms with Gasteiger partial charge in [0.2, 0.25) is 0 Å². The summed E-state index contributed by atoms with van der Waals surface area (Å²) in [6.45, 7) is 4.47. The molecule has 2 nitrogen and oxygen atoms in total. The van der Waals surface area contributed by atoms with Crippen molar-refractivity contribution in [2.75, 3.05) is 6.54 Å². The topological polar surface area (TPSA) is 19.0 Å². The van der Waals surface area contributed by atoms with E-state index in [1.54, 1.807) is 5.56 Å². The van der Waals surface area contributed by atoms with Crippen molar-refractivity contribution in [2.45, 2.75) is 45.2 Å². The van der Waals surface area contributed by atoms with Gasteiger partial charge in [0.25, 0.3) is 0 Å². The van der Waals surface area contributed by atoms with Crippen molar-refractivity contribution in [2.24, 2.45) is 0 Å². The summed E-state index contributed by atoms with van der Waals surface area (Å²) >= 11 is 0. The number of hydrogen-bond acceptors (Lipinski definition) is 1. The van der Waals surface area contributed by atoms with Crippen LogP contribution in [0.1, 0.15) is 49.0 Å². The number of hydrogen-bond donors (Lipinski definition) is 1. The summed E-state index contributed by atoms with van der Waals surface area (Å²) in [5, 5.41) is 1.42. The minimum atomic E-state index is 0.515. The number of nitrogens with zero attached hydrogens (tertiary/aromatic N) is 1. The molecule has 1 heterocycles. The molecule has 3 aromatic rings. The van der Waals surface area contributed by atoms with E-state index in [-0.39, 0.29) is 0 Å². The Kier molecular flexibility index (Phi) is 4.40. The van der Waals surface area contributed by atoms with Crippen molar-refractivity contribution >= 4 is 10.9 Å². The zero-order valence-corrected chi connectivity index (χ0v) is 14.5. The normalized spacial score (nSPS) is 17.3. The monoisotopic (exact) mass is 318 g/mol. The molecule has 4 rings (SSSR count). The van der Waals surface area contributed by atoms with Crippen LogP contribution in [-0.2, 0) is 13.0 Å². The fourth-order valence-electron chi connectivity index (χ4n) is 4.21. The molecule has 1 aliphatic rings. The highest BCUT2D eigenvalue weighted by molar-refractivity contribution is 5.85. The maximum absolute atomic E-state index is 3.75. The molecule has 1 aliphatic carbocycles. The van der Waals surface area contributed by atoms with Crippen molar-refractivity contribution in [1.29, 1.82) is 0 Å². The zero-order chi connectivity index (χ0) is 16.4. The number of aromatic amines is 1. The van der Waals surface area contributed by atoms with Gasteiger partial charge < -0.3 is 4.98 Å². The lowest BCUT2D eigenvalue weighted by molar-refractivity contribution is 0.167. The third-order valence-corrected chi connectivity index (χ3v) is 5.26. The molecule has 0 bridgehead atoms. The summed E-state index contributed by atoms with van der Waals surface area (Å²) in [6.07, 6.45) is 4.95. The number of para-hydroxylation sites is 1. The van der Waals surface area contributed by atoms with Crippen LogP contribution in [0.15, 0.2) is 54.6 Å². The molecular weight excluding hydrogens is 292 g/mol. The Labute approximate surface area is 144 Å². The molecule has 0 amide bonds. The van der Waals surface area contributed by atoms with Gasteiger partial charge in [0.05, 0.1) is 6.04 Å². The quantitative estimate of drug-likeness (QED) is 0.662. The summed E-state index contributed by atoms with van der Waals surface area (Å²) in [6, 6.07) is 20.2. The molecule has 1 aromatic heterocycles. The molecule has 1 unspecified atom stereocenters. The first kappa shape index (κ1) is 15.5. The van der Waals surface area contributed by atoms with Gasteiger partial charge in [-0.25, -0.2) is 0 Å². The van der Waals surface area contributed by atoms with Crippen LogP contribution in [0.3, 0.4) is 0 Å². The maximum Gasteiger partial charge on any atom is 0.0505 e. The lowest BCUT2D eigenvalue weighted by atomic mass is 9.90. The van der Waals surface area contributed by atoms with Gasteiger partial charge in [0.1, 0.15) is 0 Å². The number of H-pyrrole nitrogens is 1. The molecule has 1 atom stereocenters. The Morgan fingerprint density at radius 1 is 1.04 bits per heavy atom. The summed E-state index contributed by atoms with van der Waals surface area (Å²) in [5.74, 6) is 0.